The van der Waals surface area contributed by atoms with Crippen molar-refractivity contribution in [1.29, 1.82) is 0 Å². The van der Waals surface area contributed by atoms with Gasteiger partial charge in [-0.3, -0.25) is 4.79 Å². The summed E-state index contributed by atoms with van der Waals surface area (Å²) < 4.78 is 5.88. The molecule has 0 aromatic heterocycles. The van der Waals surface area contributed by atoms with E-state index in [9.17, 15) is 4.79 Å². The molecule has 3 rings (SSSR count). The lowest BCUT2D eigenvalue weighted by Gasteiger charge is -2.65. The maximum absolute atomic E-state index is 12.8. The molecule has 3 N–H and O–H groups in total. The van der Waals surface area contributed by atoms with Crippen LogP contribution in [0.1, 0.15) is 59.3 Å². The van der Waals surface area contributed by atoms with Gasteiger partial charge in [-0.1, -0.05) is 33.6 Å². The van der Waals surface area contributed by atoms with Gasteiger partial charge in [0, 0.05) is 24.5 Å². The van der Waals surface area contributed by atoms with Gasteiger partial charge in [-0.25, -0.2) is 0 Å². The summed E-state index contributed by atoms with van der Waals surface area (Å²) in [6, 6.07) is 0. The highest BCUT2D eigenvalue weighted by Crippen LogP contribution is 2.57. The Kier molecular flexibility index (Phi) is 5.70. The van der Waals surface area contributed by atoms with Crippen LogP contribution in [0.25, 0.3) is 0 Å². The smallest absolute Gasteiger partial charge is 0.241 e. The molecule has 0 aromatic carbocycles. The summed E-state index contributed by atoms with van der Waals surface area (Å²) >= 11 is 0. The molecule has 1 heterocycles. The summed E-state index contributed by atoms with van der Waals surface area (Å²) in [5.74, 6) is 1.70. The zero-order valence-corrected chi connectivity index (χ0v) is 15.6. The zero-order chi connectivity index (χ0) is 16.0. The van der Waals surface area contributed by atoms with Crippen LogP contribution in [0, 0.1) is 23.2 Å². The first-order valence-electron chi connectivity index (χ1n) is 9.06. The van der Waals surface area contributed by atoms with Crippen LogP contribution in [0.5, 0.6) is 0 Å². The highest BCUT2D eigenvalue weighted by molar-refractivity contribution is 5.89. The predicted octanol–water partition coefficient (Wildman–Crippen LogP) is 2.88. The summed E-state index contributed by atoms with van der Waals surface area (Å²) in [6.07, 6.45) is 7.22. The second kappa shape index (κ2) is 6.89. The number of nitrogens with two attached hydrogens (primary N) is 1. The van der Waals surface area contributed by atoms with Crippen molar-refractivity contribution in [3.8, 4) is 0 Å². The second-order valence-electron chi connectivity index (χ2n) is 8.47. The van der Waals surface area contributed by atoms with E-state index < -0.39 is 5.54 Å². The summed E-state index contributed by atoms with van der Waals surface area (Å²) in [7, 11) is 0. The number of nitrogens with one attached hydrogen (secondary N) is 1. The SMILES string of the molecule is CC1CCC(CNC(=O)C2(N)C3CCCOC3C2(C)C)CC1.Cl. The molecule has 0 spiro atoms. The molecule has 3 atom stereocenters. The Balaban J connectivity index is 0.00000192. The van der Waals surface area contributed by atoms with Crippen LogP contribution >= 0.6 is 12.4 Å². The Hall–Kier alpha value is -0.320. The van der Waals surface area contributed by atoms with Crippen molar-refractivity contribution in [1.82, 2.24) is 5.32 Å². The van der Waals surface area contributed by atoms with Crippen LogP contribution in [-0.4, -0.2) is 30.7 Å². The summed E-state index contributed by atoms with van der Waals surface area (Å²) in [5, 5.41) is 3.18. The number of rotatable bonds is 3. The standard InChI is InChI=1S/C18H32N2O2.ClH/c1-12-6-8-13(9-7-12)11-20-16(21)18(19)14-5-4-10-22-15(14)17(18,2)3;/h12-15H,4-11,19H2,1-3H3,(H,20,21);1H. The number of carbonyl (C=O) groups is 1. The minimum absolute atomic E-state index is 0. The molecular formula is C18H33ClN2O2. The zero-order valence-electron chi connectivity index (χ0n) is 14.8. The average Bonchev–Trinajstić information content (AvgIpc) is 2.53. The third kappa shape index (κ3) is 3.03. The Morgan fingerprint density at radius 2 is 1.87 bits per heavy atom. The van der Waals surface area contributed by atoms with Gasteiger partial charge in [-0.05, 0) is 37.5 Å². The highest BCUT2D eigenvalue weighted by Gasteiger charge is 2.70. The van der Waals surface area contributed by atoms with Crippen molar-refractivity contribution in [3.05, 3.63) is 0 Å². The third-order valence-electron chi connectivity index (χ3n) is 6.75. The number of halogens is 1. The van der Waals surface area contributed by atoms with Crippen LogP contribution in [0.4, 0.5) is 0 Å². The topological polar surface area (TPSA) is 64.4 Å². The van der Waals surface area contributed by atoms with Crippen molar-refractivity contribution in [2.45, 2.75) is 70.9 Å². The molecule has 2 aliphatic carbocycles. The van der Waals surface area contributed by atoms with Crippen LogP contribution in [0.3, 0.4) is 0 Å². The normalized spacial score (nSPS) is 41.9. The highest BCUT2D eigenvalue weighted by atomic mass is 35.5. The van der Waals surface area contributed by atoms with E-state index in [2.05, 4.69) is 26.1 Å². The lowest BCUT2D eigenvalue weighted by molar-refractivity contribution is -0.225. The first-order chi connectivity index (χ1) is 10.4. The number of amides is 1. The molecular weight excluding hydrogens is 312 g/mol. The van der Waals surface area contributed by atoms with Gasteiger partial charge in [0.2, 0.25) is 5.91 Å². The van der Waals surface area contributed by atoms with Crippen LogP contribution < -0.4 is 11.1 Å². The lowest BCUT2D eigenvalue weighted by Crippen LogP contribution is -2.82. The first-order valence-corrected chi connectivity index (χ1v) is 9.06. The fourth-order valence-electron chi connectivity index (χ4n) is 4.95. The van der Waals surface area contributed by atoms with Gasteiger partial charge in [0.05, 0.1) is 6.10 Å². The number of fused-ring (bicyclic) bond motifs is 1. The van der Waals surface area contributed by atoms with Gasteiger partial charge in [0.1, 0.15) is 5.54 Å². The van der Waals surface area contributed by atoms with E-state index in [1.54, 1.807) is 0 Å². The number of ether oxygens (including phenoxy) is 1. The third-order valence-corrected chi connectivity index (χ3v) is 6.75. The van der Waals surface area contributed by atoms with E-state index in [1.165, 1.54) is 25.7 Å². The van der Waals surface area contributed by atoms with Crippen LogP contribution in [-0.2, 0) is 9.53 Å². The van der Waals surface area contributed by atoms with Crippen molar-refractivity contribution in [2.24, 2.45) is 28.9 Å². The average molecular weight is 345 g/mol. The van der Waals surface area contributed by atoms with Gasteiger partial charge in [0.25, 0.3) is 0 Å². The molecule has 134 valence electrons. The van der Waals surface area contributed by atoms with E-state index >= 15 is 0 Å². The monoisotopic (exact) mass is 344 g/mol. The van der Waals surface area contributed by atoms with E-state index in [4.69, 9.17) is 10.5 Å². The van der Waals surface area contributed by atoms with Crippen LogP contribution in [0.15, 0.2) is 0 Å². The molecule has 2 saturated carbocycles. The van der Waals surface area contributed by atoms with E-state index in [1.807, 2.05) is 0 Å². The molecule has 3 aliphatic rings. The van der Waals surface area contributed by atoms with Crippen molar-refractivity contribution >= 4 is 18.3 Å². The minimum Gasteiger partial charge on any atom is -0.377 e. The molecule has 23 heavy (non-hydrogen) atoms. The molecule has 1 saturated heterocycles. The Morgan fingerprint density at radius 1 is 1.22 bits per heavy atom. The van der Waals surface area contributed by atoms with Gasteiger partial charge < -0.3 is 15.8 Å². The lowest BCUT2D eigenvalue weighted by atomic mass is 9.46. The Labute approximate surface area is 146 Å². The summed E-state index contributed by atoms with van der Waals surface area (Å²) in [4.78, 5) is 12.8. The summed E-state index contributed by atoms with van der Waals surface area (Å²) in [5.41, 5.74) is 5.59. The van der Waals surface area contributed by atoms with E-state index in [0.717, 1.165) is 31.9 Å². The molecule has 3 unspecified atom stereocenters. The van der Waals surface area contributed by atoms with E-state index in [0.29, 0.717) is 5.92 Å². The summed E-state index contributed by atoms with van der Waals surface area (Å²) in [6.45, 7) is 8.09. The Bertz CT molecular complexity index is 435. The molecule has 4 nitrogen and oxygen atoms in total. The number of hydrogen-bond acceptors (Lipinski definition) is 3. The first kappa shape index (κ1) is 19.0. The molecule has 0 bridgehead atoms. The number of hydrogen-bond donors (Lipinski definition) is 2. The molecule has 3 fully saturated rings. The molecule has 0 radical (unpaired) electrons. The quantitative estimate of drug-likeness (QED) is 0.827. The van der Waals surface area contributed by atoms with Crippen LogP contribution in [0.2, 0.25) is 0 Å². The maximum Gasteiger partial charge on any atom is 0.241 e. The van der Waals surface area contributed by atoms with Gasteiger partial charge >= 0.3 is 0 Å². The molecule has 1 amide bonds. The molecule has 5 heteroatoms. The number of carbonyl (C=O) groups excluding carboxylic acids is 1. The van der Waals surface area contributed by atoms with Gasteiger partial charge in [0.15, 0.2) is 0 Å². The van der Waals surface area contributed by atoms with Gasteiger partial charge in [-0.2, -0.15) is 0 Å². The fourth-order valence-corrected chi connectivity index (χ4v) is 4.95. The van der Waals surface area contributed by atoms with Gasteiger partial charge in [-0.15, -0.1) is 12.4 Å². The van der Waals surface area contributed by atoms with E-state index in [-0.39, 0.29) is 35.8 Å². The maximum atomic E-state index is 12.8. The molecule has 0 aromatic rings. The fraction of sp³-hybridized carbons (Fsp3) is 0.944. The predicted molar refractivity (Wildman–Crippen MR) is 94.5 cm³/mol. The second-order valence-corrected chi connectivity index (χ2v) is 8.47. The largest absolute Gasteiger partial charge is 0.377 e. The van der Waals surface area contributed by atoms with Crippen molar-refractivity contribution < 1.29 is 9.53 Å². The van der Waals surface area contributed by atoms with Crippen molar-refractivity contribution in [2.75, 3.05) is 13.2 Å². The molecule has 1 aliphatic heterocycles. The Morgan fingerprint density at radius 3 is 2.52 bits per heavy atom. The minimum atomic E-state index is -0.764. The van der Waals surface area contributed by atoms with Crippen molar-refractivity contribution in [3.63, 3.8) is 0 Å².